The van der Waals surface area contributed by atoms with Gasteiger partial charge in [-0.1, -0.05) is 27.7 Å². The summed E-state index contributed by atoms with van der Waals surface area (Å²) in [6, 6.07) is 1.28. The van der Waals surface area contributed by atoms with Crippen LogP contribution >= 0.6 is 11.3 Å². The van der Waals surface area contributed by atoms with Crippen LogP contribution in [0.5, 0.6) is 0 Å². The topological polar surface area (TPSA) is 55.4 Å². The van der Waals surface area contributed by atoms with Crippen LogP contribution in [0, 0.1) is 6.92 Å². The Balaban J connectivity index is 0. The van der Waals surface area contributed by atoms with E-state index in [9.17, 15) is 22.8 Å². The lowest BCUT2D eigenvalue weighted by molar-refractivity contribution is -0.167. The van der Waals surface area contributed by atoms with Crippen LogP contribution in [-0.2, 0) is 9.53 Å². The second kappa shape index (κ2) is 10.2. The molecule has 4 nitrogen and oxygen atoms in total. The molecule has 0 unspecified atom stereocenters. The molecule has 8 heteroatoms. The van der Waals surface area contributed by atoms with E-state index in [0.29, 0.717) is 4.88 Å². The third-order valence-corrected chi connectivity index (χ3v) is 2.76. The molecule has 0 aliphatic heterocycles. The first-order valence-electron chi connectivity index (χ1n) is 6.32. The summed E-state index contributed by atoms with van der Waals surface area (Å²) < 4.78 is 40.5. The van der Waals surface area contributed by atoms with Crippen LogP contribution in [0.1, 0.15) is 42.2 Å². The number of esters is 1. The van der Waals surface area contributed by atoms with Crippen molar-refractivity contribution in [1.29, 1.82) is 0 Å². The number of thiophene rings is 1. The van der Waals surface area contributed by atoms with Crippen molar-refractivity contribution in [3.05, 3.63) is 15.8 Å². The standard InChI is InChI=1S/C9H8F3NO3S.2C2H6/c1-4-3-5(6(17-4)7(14)16-2)13-8(15)9(10,11)12;2*1-2/h3H,1-2H3,(H,13,15);2*1-2H3. The van der Waals surface area contributed by atoms with Gasteiger partial charge < -0.3 is 10.1 Å². The average Bonchev–Trinajstić information content (AvgIpc) is 2.82. The first-order chi connectivity index (χ1) is 9.75. The van der Waals surface area contributed by atoms with Gasteiger partial charge in [0.2, 0.25) is 0 Å². The Morgan fingerprint density at radius 1 is 1.19 bits per heavy atom. The number of alkyl halides is 3. The highest BCUT2D eigenvalue weighted by atomic mass is 32.1. The van der Waals surface area contributed by atoms with E-state index in [1.807, 2.05) is 27.7 Å². The maximum Gasteiger partial charge on any atom is 0.471 e. The Labute approximate surface area is 126 Å². The van der Waals surface area contributed by atoms with Crippen LogP contribution in [0.25, 0.3) is 0 Å². The fourth-order valence-corrected chi connectivity index (χ4v) is 1.93. The smallest absolute Gasteiger partial charge is 0.465 e. The summed E-state index contributed by atoms with van der Waals surface area (Å²) in [4.78, 5) is 22.5. The summed E-state index contributed by atoms with van der Waals surface area (Å²) in [5.74, 6) is -2.92. The molecule has 0 atom stereocenters. The molecule has 0 saturated heterocycles. The van der Waals surface area contributed by atoms with E-state index in [0.717, 1.165) is 18.4 Å². The van der Waals surface area contributed by atoms with Crippen LogP contribution in [0.4, 0.5) is 18.9 Å². The van der Waals surface area contributed by atoms with E-state index >= 15 is 0 Å². The van der Waals surface area contributed by atoms with Gasteiger partial charge in [0.25, 0.3) is 0 Å². The predicted molar refractivity (Wildman–Crippen MR) is 77.8 cm³/mol. The normalized spacial score (nSPS) is 9.57. The number of carbonyl (C=O) groups is 2. The molecule has 1 heterocycles. The van der Waals surface area contributed by atoms with Gasteiger partial charge in [-0.05, 0) is 13.0 Å². The zero-order valence-electron chi connectivity index (χ0n) is 12.8. The second-order valence-corrected chi connectivity index (χ2v) is 4.30. The first kappa shape index (κ1) is 21.7. The molecular formula is C13H20F3NO3S. The van der Waals surface area contributed by atoms with E-state index in [1.54, 1.807) is 12.2 Å². The number of methoxy groups -OCH3 is 1. The van der Waals surface area contributed by atoms with Crippen LogP contribution in [0.3, 0.4) is 0 Å². The number of nitrogens with one attached hydrogen (secondary N) is 1. The molecule has 1 aromatic rings. The quantitative estimate of drug-likeness (QED) is 0.819. The highest BCUT2D eigenvalue weighted by Crippen LogP contribution is 2.29. The summed E-state index contributed by atoms with van der Waals surface area (Å²) in [7, 11) is 1.10. The van der Waals surface area contributed by atoms with Gasteiger partial charge in [-0.2, -0.15) is 13.2 Å². The van der Waals surface area contributed by atoms with Gasteiger partial charge in [0.1, 0.15) is 4.88 Å². The van der Waals surface area contributed by atoms with Gasteiger partial charge in [-0.3, -0.25) is 4.79 Å². The minimum Gasteiger partial charge on any atom is -0.465 e. The molecule has 21 heavy (non-hydrogen) atoms. The fourth-order valence-electron chi connectivity index (χ4n) is 1.04. The van der Waals surface area contributed by atoms with Crippen LogP contribution in [-0.4, -0.2) is 25.2 Å². The number of rotatable bonds is 2. The van der Waals surface area contributed by atoms with Crippen molar-refractivity contribution in [2.24, 2.45) is 0 Å². The molecule has 0 saturated carbocycles. The lowest BCUT2D eigenvalue weighted by atomic mass is 10.3. The van der Waals surface area contributed by atoms with E-state index in [-0.39, 0.29) is 10.6 Å². The molecule has 0 bridgehead atoms. The largest absolute Gasteiger partial charge is 0.471 e. The molecule has 1 aromatic heterocycles. The fraction of sp³-hybridized carbons (Fsp3) is 0.538. The monoisotopic (exact) mass is 327 g/mol. The van der Waals surface area contributed by atoms with E-state index < -0.39 is 18.1 Å². The molecule has 0 aliphatic rings. The Morgan fingerprint density at radius 2 is 1.67 bits per heavy atom. The molecule has 0 spiro atoms. The molecule has 1 rings (SSSR count). The molecule has 0 aromatic carbocycles. The Morgan fingerprint density at radius 3 is 2.05 bits per heavy atom. The molecule has 0 aliphatic carbocycles. The maximum atomic E-state index is 12.0. The Hall–Kier alpha value is -1.57. The van der Waals surface area contributed by atoms with Crippen molar-refractivity contribution < 1.29 is 27.5 Å². The number of hydrogen-bond donors (Lipinski definition) is 1. The van der Waals surface area contributed by atoms with E-state index in [1.165, 1.54) is 6.07 Å². The number of hydrogen-bond acceptors (Lipinski definition) is 4. The predicted octanol–water partition coefficient (Wildman–Crippen LogP) is 4.40. The Kier molecular flexibility index (Phi) is 10.6. The average molecular weight is 327 g/mol. The van der Waals surface area contributed by atoms with Gasteiger partial charge >= 0.3 is 18.1 Å². The minimum atomic E-state index is -5.00. The van der Waals surface area contributed by atoms with Gasteiger partial charge in [0.15, 0.2) is 0 Å². The van der Waals surface area contributed by atoms with Crippen molar-refractivity contribution >= 4 is 28.9 Å². The summed E-state index contributed by atoms with van der Waals surface area (Å²) in [5.41, 5.74) is -0.193. The first-order valence-corrected chi connectivity index (χ1v) is 7.14. The summed E-state index contributed by atoms with van der Waals surface area (Å²) in [6.07, 6.45) is -5.00. The zero-order chi connectivity index (χ0) is 17.2. The van der Waals surface area contributed by atoms with Gasteiger partial charge in [0, 0.05) is 4.88 Å². The van der Waals surface area contributed by atoms with Crippen LogP contribution < -0.4 is 5.32 Å². The lowest BCUT2D eigenvalue weighted by Crippen LogP contribution is -2.30. The van der Waals surface area contributed by atoms with Crippen molar-refractivity contribution in [2.75, 3.05) is 12.4 Å². The van der Waals surface area contributed by atoms with Gasteiger partial charge in [0.05, 0.1) is 12.8 Å². The third kappa shape index (κ3) is 7.12. The Bertz CT molecular complexity index is 456. The number of anilines is 1. The molecule has 0 fully saturated rings. The number of halogens is 3. The second-order valence-electron chi connectivity index (χ2n) is 3.04. The zero-order valence-corrected chi connectivity index (χ0v) is 13.7. The highest BCUT2D eigenvalue weighted by Gasteiger charge is 2.39. The van der Waals surface area contributed by atoms with Crippen LogP contribution in [0.2, 0.25) is 0 Å². The lowest BCUT2D eigenvalue weighted by Gasteiger charge is -2.07. The number of ether oxygens (including phenoxy) is 1. The van der Waals surface area contributed by atoms with Crippen molar-refractivity contribution in [2.45, 2.75) is 40.8 Å². The van der Waals surface area contributed by atoms with Crippen LogP contribution in [0.15, 0.2) is 6.07 Å². The third-order valence-electron chi connectivity index (χ3n) is 1.73. The molecule has 1 N–H and O–H groups in total. The van der Waals surface area contributed by atoms with E-state index in [2.05, 4.69) is 4.74 Å². The summed E-state index contributed by atoms with van der Waals surface area (Å²) >= 11 is 0.943. The highest BCUT2D eigenvalue weighted by molar-refractivity contribution is 7.14. The molecule has 122 valence electrons. The summed E-state index contributed by atoms with van der Waals surface area (Å²) in [5, 5.41) is 1.63. The number of aryl methyl sites for hydroxylation is 1. The molecular weight excluding hydrogens is 307 g/mol. The van der Waals surface area contributed by atoms with Crippen molar-refractivity contribution in [3.63, 3.8) is 0 Å². The molecule has 0 radical (unpaired) electrons. The van der Waals surface area contributed by atoms with Gasteiger partial charge in [-0.25, -0.2) is 4.79 Å². The SMILES string of the molecule is CC.CC.COC(=O)c1sc(C)cc1NC(=O)C(F)(F)F. The van der Waals surface area contributed by atoms with Crippen molar-refractivity contribution in [1.82, 2.24) is 0 Å². The van der Waals surface area contributed by atoms with Gasteiger partial charge in [-0.15, -0.1) is 11.3 Å². The maximum absolute atomic E-state index is 12.0. The number of amides is 1. The minimum absolute atomic E-state index is 0.0670. The molecule has 1 amide bonds. The van der Waals surface area contributed by atoms with E-state index in [4.69, 9.17) is 0 Å². The number of carbonyl (C=O) groups excluding carboxylic acids is 2. The van der Waals surface area contributed by atoms with Crippen molar-refractivity contribution in [3.8, 4) is 0 Å². The summed E-state index contributed by atoms with van der Waals surface area (Å²) in [6.45, 7) is 9.60.